The van der Waals surface area contributed by atoms with Crippen molar-refractivity contribution in [2.24, 2.45) is 0 Å². The number of ether oxygens (including phenoxy) is 2. The van der Waals surface area contributed by atoms with Crippen molar-refractivity contribution in [2.75, 3.05) is 19.7 Å². The molecule has 1 aromatic rings. The van der Waals surface area contributed by atoms with Crippen LogP contribution in [0.2, 0.25) is 0 Å². The lowest BCUT2D eigenvalue weighted by molar-refractivity contribution is -0.107. The third-order valence-electron chi connectivity index (χ3n) is 2.31. The minimum absolute atomic E-state index is 0.0768. The van der Waals surface area contributed by atoms with Gasteiger partial charge in [0.2, 0.25) is 0 Å². The maximum absolute atomic E-state index is 5.87. The second kappa shape index (κ2) is 4.65. The summed E-state index contributed by atoms with van der Waals surface area (Å²) in [5, 5.41) is 3.94. The highest BCUT2D eigenvalue weighted by Crippen LogP contribution is 2.18. The molecule has 0 bridgehead atoms. The second-order valence-corrected chi connectivity index (χ2v) is 5.26. The number of hydrogen-bond donors (Lipinski definition) is 1. The first-order valence-electron chi connectivity index (χ1n) is 5.37. The van der Waals surface area contributed by atoms with E-state index >= 15 is 0 Å². The fourth-order valence-electron chi connectivity index (χ4n) is 1.66. The first kappa shape index (κ1) is 11.8. The van der Waals surface area contributed by atoms with Gasteiger partial charge in [-0.25, -0.2) is 0 Å². The van der Waals surface area contributed by atoms with Crippen LogP contribution in [0.15, 0.2) is 0 Å². The molecule has 90 valence electrons. The highest BCUT2D eigenvalue weighted by Gasteiger charge is 2.28. The first-order chi connectivity index (χ1) is 7.55. The van der Waals surface area contributed by atoms with Crippen molar-refractivity contribution in [3.63, 3.8) is 0 Å². The standard InChI is InChI=1S/C10H17N3O2S/c1-7-12-9(16-13-7)14-5-8-4-11-6-10(2,3)15-8/h8,11H,4-6H2,1-3H3. The number of nitrogens with zero attached hydrogens (tertiary/aromatic N) is 2. The minimum atomic E-state index is -0.122. The van der Waals surface area contributed by atoms with Gasteiger partial charge in [-0.1, -0.05) is 0 Å². The van der Waals surface area contributed by atoms with Crippen LogP contribution in [-0.4, -0.2) is 40.8 Å². The lowest BCUT2D eigenvalue weighted by atomic mass is 10.1. The van der Waals surface area contributed by atoms with Crippen molar-refractivity contribution in [3.8, 4) is 5.19 Å². The van der Waals surface area contributed by atoms with Crippen molar-refractivity contribution in [1.29, 1.82) is 0 Å². The lowest BCUT2D eigenvalue weighted by Gasteiger charge is -2.36. The molecule has 1 unspecified atom stereocenters. The summed E-state index contributed by atoms with van der Waals surface area (Å²) in [6.45, 7) is 8.21. The Kier molecular flexibility index (Phi) is 3.41. The average molecular weight is 243 g/mol. The highest BCUT2D eigenvalue weighted by atomic mass is 32.1. The summed E-state index contributed by atoms with van der Waals surface area (Å²) in [5.74, 6) is 0.753. The SMILES string of the molecule is Cc1nsc(OCC2CNCC(C)(C)O2)n1. The quantitative estimate of drug-likeness (QED) is 0.858. The van der Waals surface area contributed by atoms with E-state index in [2.05, 4.69) is 28.5 Å². The summed E-state index contributed by atoms with van der Waals surface area (Å²) in [7, 11) is 0. The highest BCUT2D eigenvalue weighted by molar-refractivity contribution is 7.07. The number of aromatic nitrogens is 2. The molecule has 0 amide bonds. The maximum atomic E-state index is 5.87. The van der Waals surface area contributed by atoms with Crippen LogP contribution in [0.5, 0.6) is 5.19 Å². The molecule has 1 fully saturated rings. The zero-order valence-corrected chi connectivity index (χ0v) is 10.6. The van der Waals surface area contributed by atoms with Crippen molar-refractivity contribution in [1.82, 2.24) is 14.7 Å². The molecule has 0 saturated carbocycles. The summed E-state index contributed by atoms with van der Waals surface area (Å²) in [6, 6.07) is 0. The van der Waals surface area contributed by atoms with E-state index in [0.29, 0.717) is 11.8 Å². The predicted octanol–water partition coefficient (Wildman–Crippen LogP) is 0.992. The van der Waals surface area contributed by atoms with E-state index in [1.807, 2.05) is 6.92 Å². The maximum Gasteiger partial charge on any atom is 0.293 e. The molecule has 0 spiro atoms. The van der Waals surface area contributed by atoms with Gasteiger partial charge >= 0.3 is 0 Å². The van der Waals surface area contributed by atoms with E-state index in [1.54, 1.807) is 0 Å². The third kappa shape index (κ3) is 3.13. The van der Waals surface area contributed by atoms with Crippen LogP contribution in [0.4, 0.5) is 0 Å². The smallest absolute Gasteiger partial charge is 0.293 e. The average Bonchev–Trinajstić information content (AvgIpc) is 2.60. The Morgan fingerprint density at radius 2 is 2.44 bits per heavy atom. The van der Waals surface area contributed by atoms with Gasteiger partial charge in [0.1, 0.15) is 18.5 Å². The number of hydrogen-bond acceptors (Lipinski definition) is 6. The van der Waals surface area contributed by atoms with E-state index in [1.165, 1.54) is 11.5 Å². The van der Waals surface area contributed by atoms with E-state index in [-0.39, 0.29) is 11.7 Å². The van der Waals surface area contributed by atoms with E-state index in [4.69, 9.17) is 9.47 Å². The molecule has 1 aliphatic rings. The van der Waals surface area contributed by atoms with Gasteiger partial charge in [-0.2, -0.15) is 9.36 Å². The zero-order chi connectivity index (χ0) is 11.6. The Labute approximate surface area is 99.3 Å². The van der Waals surface area contributed by atoms with Crippen LogP contribution in [0.1, 0.15) is 19.7 Å². The molecule has 2 heterocycles. The molecule has 5 nitrogen and oxygen atoms in total. The molecule has 1 aliphatic heterocycles. The predicted molar refractivity (Wildman–Crippen MR) is 62.0 cm³/mol. The number of rotatable bonds is 3. The fourth-order valence-corrected chi connectivity index (χ4v) is 2.21. The van der Waals surface area contributed by atoms with Crippen molar-refractivity contribution < 1.29 is 9.47 Å². The van der Waals surface area contributed by atoms with Gasteiger partial charge in [0.05, 0.1) is 5.60 Å². The van der Waals surface area contributed by atoms with Crippen molar-refractivity contribution >= 4 is 11.5 Å². The molecule has 0 aromatic carbocycles. The van der Waals surface area contributed by atoms with Crippen LogP contribution in [-0.2, 0) is 4.74 Å². The lowest BCUT2D eigenvalue weighted by Crippen LogP contribution is -2.52. The molecule has 1 saturated heterocycles. The van der Waals surface area contributed by atoms with Gasteiger partial charge in [0.25, 0.3) is 5.19 Å². The Bertz CT molecular complexity index is 354. The Hall–Kier alpha value is -0.720. The van der Waals surface area contributed by atoms with Crippen molar-refractivity contribution in [2.45, 2.75) is 32.5 Å². The van der Waals surface area contributed by atoms with E-state index in [0.717, 1.165) is 18.9 Å². The Morgan fingerprint density at radius 1 is 1.62 bits per heavy atom. The van der Waals surface area contributed by atoms with Crippen molar-refractivity contribution in [3.05, 3.63) is 5.82 Å². The second-order valence-electron chi connectivity index (χ2n) is 4.55. The molecule has 1 aromatic heterocycles. The topological polar surface area (TPSA) is 56.3 Å². The first-order valence-corrected chi connectivity index (χ1v) is 6.14. The molecule has 1 N–H and O–H groups in total. The third-order valence-corrected chi connectivity index (χ3v) is 3.03. The molecule has 0 radical (unpaired) electrons. The van der Waals surface area contributed by atoms with Gasteiger partial charge < -0.3 is 14.8 Å². The van der Waals surface area contributed by atoms with Gasteiger partial charge in [-0.05, 0) is 20.8 Å². The van der Waals surface area contributed by atoms with Crippen LogP contribution >= 0.6 is 11.5 Å². The molecule has 1 atom stereocenters. The van der Waals surface area contributed by atoms with Crippen LogP contribution in [0, 0.1) is 6.92 Å². The molecule has 6 heteroatoms. The molecule has 16 heavy (non-hydrogen) atoms. The normalized spacial score (nSPS) is 24.3. The largest absolute Gasteiger partial charge is 0.466 e. The van der Waals surface area contributed by atoms with E-state index in [9.17, 15) is 0 Å². The molecule has 0 aliphatic carbocycles. The summed E-state index contributed by atoms with van der Waals surface area (Å²) in [5.41, 5.74) is -0.122. The monoisotopic (exact) mass is 243 g/mol. The van der Waals surface area contributed by atoms with Crippen LogP contribution in [0.3, 0.4) is 0 Å². The summed E-state index contributed by atoms with van der Waals surface area (Å²) >= 11 is 1.28. The van der Waals surface area contributed by atoms with Gasteiger partial charge in [0.15, 0.2) is 0 Å². The molecular weight excluding hydrogens is 226 g/mol. The number of aryl methyl sites for hydroxylation is 1. The summed E-state index contributed by atoms with van der Waals surface area (Å²) in [4.78, 5) is 4.14. The minimum Gasteiger partial charge on any atom is -0.466 e. The Morgan fingerprint density at radius 3 is 3.06 bits per heavy atom. The van der Waals surface area contributed by atoms with Gasteiger partial charge in [0, 0.05) is 24.6 Å². The van der Waals surface area contributed by atoms with Gasteiger partial charge in [-0.15, -0.1) is 0 Å². The van der Waals surface area contributed by atoms with E-state index < -0.39 is 0 Å². The Balaban J connectivity index is 1.82. The number of morpholine rings is 1. The molecule has 2 rings (SSSR count). The fraction of sp³-hybridized carbons (Fsp3) is 0.800. The number of nitrogens with one attached hydrogen (secondary N) is 1. The zero-order valence-electron chi connectivity index (χ0n) is 9.82. The van der Waals surface area contributed by atoms with Crippen LogP contribution in [0.25, 0.3) is 0 Å². The summed E-state index contributed by atoms with van der Waals surface area (Å²) in [6.07, 6.45) is 0.0768. The summed E-state index contributed by atoms with van der Waals surface area (Å²) < 4.78 is 15.5. The molecular formula is C10H17N3O2S. The van der Waals surface area contributed by atoms with Gasteiger partial charge in [-0.3, -0.25) is 0 Å². The van der Waals surface area contributed by atoms with Crippen LogP contribution < -0.4 is 10.1 Å².